The van der Waals surface area contributed by atoms with Gasteiger partial charge in [0, 0.05) is 6.54 Å². The second-order valence-electron chi connectivity index (χ2n) is 7.30. The Balaban J connectivity index is 1.84. The van der Waals surface area contributed by atoms with Gasteiger partial charge in [-0.1, -0.05) is 45.0 Å². The number of hydrogen-bond acceptors (Lipinski definition) is 3. The fraction of sp³-hybridized carbons (Fsp3) is 0.474. The number of carbonyl (C=O) groups is 1. The third kappa shape index (κ3) is 3.18. The van der Waals surface area contributed by atoms with E-state index in [0.717, 1.165) is 30.0 Å². The van der Waals surface area contributed by atoms with Gasteiger partial charge in [-0.05, 0) is 36.3 Å². The molecule has 4 heteroatoms. The summed E-state index contributed by atoms with van der Waals surface area (Å²) in [4.78, 5) is 19.9. The lowest BCUT2D eigenvalue weighted by atomic mass is 9.86. The van der Waals surface area contributed by atoms with Gasteiger partial charge >= 0.3 is 0 Å². The molecule has 1 atom stereocenters. The standard InChI is InChI=1S/C19H24N2OS/c1-13-17(23-12-20-13)18(22)21-11-5-6-16(21)14-7-9-15(10-8-14)19(2,3)4/h7-10,12,16H,5-6,11H2,1-4H3/t16-/m0/s1. The molecule has 0 bridgehead atoms. The molecule has 1 aliphatic rings. The minimum absolute atomic E-state index is 0.132. The normalized spacial score (nSPS) is 18.4. The largest absolute Gasteiger partial charge is 0.331 e. The van der Waals surface area contributed by atoms with Crippen molar-refractivity contribution in [2.24, 2.45) is 0 Å². The van der Waals surface area contributed by atoms with Crippen LogP contribution in [-0.2, 0) is 5.41 Å². The van der Waals surface area contributed by atoms with Crippen molar-refractivity contribution in [3.63, 3.8) is 0 Å². The molecule has 1 aliphatic heterocycles. The van der Waals surface area contributed by atoms with E-state index in [9.17, 15) is 4.79 Å². The third-order valence-corrected chi connectivity index (χ3v) is 5.53. The number of carbonyl (C=O) groups excluding carboxylic acids is 1. The maximum absolute atomic E-state index is 12.8. The lowest BCUT2D eigenvalue weighted by molar-refractivity contribution is 0.0739. The van der Waals surface area contributed by atoms with Gasteiger partial charge in [0.05, 0.1) is 17.2 Å². The van der Waals surface area contributed by atoms with Crippen LogP contribution in [-0.4, -0.2) is 22.3 Å². The van der Waals surface area contributed by atoms with E-state index in [1.807, 2.05) is 11.8 Å². The number of rotatable bonds is 2. The SMILES string of the molecule is Cc1ncsc1C(=O)N1CCC[C@H]1c1ccc(C(C)(C)C)cc1. The highest BCUT2D eigenvalue weighted by Crippen LogP contribution is 2.35. The molecule has 1 amide bonds. The lowest BCUT2D eigenvalue weighted by Gasteiger charge is -2.26. The molecule has 3 rings (SSSR count). The summed E-state index contributed by atoms with van der Waals surface area (Å²) in [6.07, 6.45) is 2.10. The summed E-state index contributed by atoms with van der Waals surface area (Å²) >= 11 is 1.45. The molecule has 1 fully saturated rings. The highest BCUT2D eigenvalue weighted by atomic mass is 32.1. The molecule has 2 heterocycles. The first kappa shape index (κ1) is 16.2. The summed E-state index contributed by atoms with van der Waals surface area (Å²) in [6.45, 7) is 9.41. The zero-order valence-electron chi connectivity index (χ0n) is 14.3. The summed E-state index contributed by atoms with van der Waals surface area (Å²) < 4.78 is 0. The van der Waals surface area contributed by atoms with Crippen LogP contribution in [0.15, 0.2) is 29.8 Å². The highest BCUT2D eigenvalue weighted by Gasteiger charge is 2.32. The molecule has 0 aliphatic carbocycles. The van der Waals surface area contributed by atoms with E-state index in [-0.39, 0.29) is 17.4 Å². The first-order chi connectivity index (χ1) is 10.9. The summed E-state index contributed by atoms with van der Waals surface area (Å²) in [5.74, 6) is 0.132. The number of amides is 1. The summed E-state index contributed by atoms with van der Waals surface area (Å²) in [6, 6.07) is 8.98. The van der Waals surface area contributed by atoms with Crippen molar-refractivity contribution in [2.75, 3.05) is 6.54 Å². The van der Waals surface area contributed by atoms with Crippen LogP contribution >= 0.6 is 11.3 Å². The Labute approximate surface area is 142 Å². The van der Waals surface area contributed by atoms with Crippen molar-refractivity contribution in [2.45, 2.75) is 52.0 Å². The van der Waals surface area contributed by atoms with Crippen LogP contribution in [0, 0.1) is 6.92 Å². The van der Waals surface area contributed by atoms with E-state index in [1.54, 1.807) is 5.51 Å². The molecule has 0 spiro atoms. The van der Waals surface area contributed by atoms with E-state index < -0.39 is 0 Å². The van der Waals surface area contributed by atoms with Gasteiger partial charge in [-0.2, -0.15) is 0 Å². The molecule has 3 nitrogen and oxygen atoms in total. The molecule has 1 aromatic carbocycles. The number of benzene rings is 1. The van der Waals surface area contributed by atoms with Gasteiger partial charge in [-0.25, -0.2) is 4.98 Å². The predicted octanol–water partition coefficient (Wildman–Crippen LogP) is 4.73. The Kier molecular flexibility index (Phi) is 4.28. The van der Waals surface area contributed by atoms with Crippen molar-refractivity contribution < 1.29 is 4.79 Å². The number of aromatic nitrogens is 1. The van der Waals surface area contributed by atoms with E-state index >= 15 is 0 Å². The predicted molar refractivity (Wildman–Crippen MR) is 95.0 cm³/mol. The number of hydrogen-bond donors (Lipinski definition) is 0. The van der Waals surface area contributed by atoms with Gasteiger partial charge in [0.25, 0.3) is 5.91 Å². The maximum atomic E-state index is 12.8. The van der Waals surface area contributed by atoms with Gasteiger partial charge < -0.3 is 4.90 Å². The second-order valence-corrected chi connectivity index (χ2v) is 8.15. The topological polar surface area (TPSA) is 33.2 Å². The number of likely N-dealkylation sites (tertiary alicyclic amines) is 1. The molecule has 0 unspecified atom stereocenters. The molecule has 122 valence electrons. The Morgan fingerprint density at radius 2 is 1.96 bits per heavy atom. The summed E-state index contributed by atoms with van der Waals surface area (Å²) in [5, 5.41) is 0. The van der Waals surface area contributed by atoms with Crippen LogP contribution in [0.2, 0.25) is 0 Å². The maximum Gasteiger partial charge on any atom is 0.266 e. The van der Waals surface area contributed by atoms with Gasteiger partial charge in [0.1, 0.15) is 4.88 Å². The van der Waals surface area contributed by atoms with E-state index in [4.69, 9.17) is 0 Å². The van der Waals surface area contributed by atoms with Crippen LogP contribution in [0.4, 0.5) is 0 Å². The quantitative estimate of drug-likeness (QED) is 0.798. The lowest BCUT2D eigenvalue weighted by Crippen LogP contribution is -2.30. The fourth-order valence-corrected chi connectivity index (χ4v) is 3.96. The molecule has 23 heavy (non-hydrogen) atoms. The van der Waals surface area contributed by atoms with Crippen LogP contribution in [0.1, 0.15) is 66.1 Å². The molecule has 2 aromatic rings. The highest BCUT2D eigenvalue weighted by molar-refractivity contribution is 7.11. The molecule has 0 N–H and O–H groups in total. The summed E-state index contributed by atoms with van der Waals surface area (Å²) in [7, 11) is 0. The Morgan fingerprint density at radius 1 is 1.26 bits per heavy atom. The smallest absolute Gasteiger partial charge is 0.266 e. The summed E-state index contributed by atoms with van der Waals surface area (Å²) in [5.41, 5.74) is 5.32. The molecule has 0 radical (unpaired) electrons. The Bertz CT molecular complexity index is 697. The van der Waals surface area contributed by atoms with Gasteiger partial charge in [0.15, 0.2) is 0 Å². The van der Waals surface area contributed by atoms with Crippen LogP contribution in [0.25, 0.3) is 0 Å². The van der Waals surface area contributed by atoms with E-state index in [2.05, 4.69) is 50.0 Å². The minimum atomic E-state index is 0.132. The van der Waals surface area contributed by atoms with Crippen LogP contribution in [0.3, 0.4) is 0 Å². The fourth-order valence-electron chi connectivity index (χ4n) is 3.20. The molecule has 1 saturated heterocycles. The average Bonchev–Trinajstić information content (AvgIpc) is 3.14. The Hall–Kier alpha value is -1.68. The minimum Gasteiger partial charge on any atom is -0.331 e. The molecule has 1 aromatic heterocycles. The number of nitrogens with zero attached hydrogens (tertiary/aromatic N) is 2. The molecule has 0 saturated carbocycles. The zero-order chi connectivity index (χ0) is 16.6. The van der Waals surface area contributed by atoms with E-state index in [0.29, 0.717) is 0 Å². The van der Waals surface area contributed by atoms with Crippen molar-refractivity contribution in [1.29, 1.82) is 0 Å². The Morgan fingerprint density at radius 3 is 2.52 bits per heavy atom. The van der Waals surface area contributed by atoms with Crippen molar-refractivity contribution in [1.82, 2.24) is 9.88 Å². The van der Waals surface area contributed by atoms with Crippen LogP contribution in [0.5, 0.6) is 0 Å². The number of thiazole rings is 1. The van der Waals surface area contributed by atoms with Gasteiger partial charge in [0.2, 0.25) is 0 Å². The van der Waals surface area contributed by atoms with Crippen molar-refractivity contribution in [3.05, 3.63) is 51.5 Å². The van der Waals surface area contributed by atoms with E-state index in [1.165, 1.54) is 22.5 Å². The second kappa shape index (κ2) is 6.08. The first-order valence-electron chi connectivity index (χ1n) is 8.19. The number of aryl methyl sites for hydroxylation is 1. The average molecular weight is 328 g/mol. The first-order valence-corrected chi connectivity index (χ1v) is 9.07. The third-order valence-electron chi connectivity index (χ3n) is 4.61. The van der Waals surface area contributed by atoms with Gasteiger partial charge in [-0.15, -0.1) is 11.3 Å². The van der Waals surface area contributed by atoms with Gasteiger partial charge in [-0.3, -0.25) is 4.79 Å². The van der Waals surface area contributed by atoms with Crippen molar-refractivity contribution in [3.8, 4) is 0 Å². The van der Waals surface area contributed by atoms with Crippen LogP contribution < -0.4 is 0 Å². The zero-order valence-corrected chi connectivity index (χ0v) is 15.1. The molecular formula is C19H24N2OS. The van der Waals surface area contributed by atoms with Crippen molar-refractivity contribution >= 4 is 17.2 Å². The monoisotopic (exact) mass is 328 g/mol. The molecular weight excluding hydrogens is 304 g/mol.